The zero-order valence-corrected chi connectivity index (χ0v) is 17.9. The zero-order chi connectivity index (χ0) is 22.0. The van der Waals surface area contributed by atoms with E-state index in [0.717, 1.165) is 33.9 Å². The lowest BCUT2D eigenvalue weighted by Crippen LogP contribution is -2.07. The number of aryl methyl sites for hydroxylation is 1. The van der Waals surface area contributed by atoms with E-state index in [0.29, 0.717) is 17.3 Å². The minimum atomic E-state index is 0.173. The fraction of sp³-hybridized carbons (Fsp3) is 0.174. The van der Waals surface area contributed by atoms with Crippen LogP contribution in [0.3, 0.4) is 0 Å². The molecule has 0 bridgehead atoms. The van der Waals surface area contributed by atoms with Gasteiger partial charge in [0.05, 0.1) is 25.6 Å². The van der Waals surface area contributed by atoms with Gasteiger partial charge >= 0.3 is 0 Å². The number of hydrogen-bond acceptors (Lipinski definition) is 7. The topological polar surface area (TPSA) is 100 Å². The molecule has 0 aliphatic carbocycles. The maximum atomic E-state index is 5.92. The number of para-hydroxylation sites is 1. The lowest BCUT2D eigenvalue weighted by molar-refractivity contribution is 0.355. The molecule has 8 nitrogen and oxygen atoms in total. The van der Waals surface area contributed by atoms with Gasteiger partial charge in [0.1, 0.15) is 11.6 Å². The number of aromatic nitrogens is 4. The SMILES string of the molecule is COc1ccc(-c2cnc(N)nc2Nc2c(C)c(C)nn2-c2ccccc2)cc1OC. The highest BCUT2D eigenvalue weighted by Crippen LogP contribution is 2.36. The van der Waals surface area contributed by atoms with Gasteiger partial charge in [0, 0.05) is 17.3 Å². The van der Waals surface area contributed by atoms with E-state index in [1.165, 1.54) is 0 Å². The van der Waals surface area contributed by atoms with Crippen LogP contribution in [0, 0.1) is 13.8 Å². The Bertz CT molecular complexity index is 1220. The summed E-state index contributed by atoms with van der Waals surface area (Å²) in [5, 5.41) is 8.13. The first-order chi connectivity index (χ1) is 15.0. The van der Waals surface area contributed by atoms with E-state index in [-0.39, 0.29) is 5.95 Å². The molecule has 31 heavy (non-hydrogen) atoms. The smallest absolute Gasteiger partial charge is 0.221 e. The van der Waals surface area contributed by atoms with Gasteiger partial charge in [-0.1, -0.05) is 24.3 Å². The molecule has 0 unspecified atom stereocenters. The first-order valence-electron chi connectivity index (χ1n) is 9.75. The summed E-state index contributed by atoms with van der Waals surface area (Å²) < 4.78 is 12.7. The van der Waals surface area contributed by atoms with Gasteiger partial charge in [0.15, 0.2) is 11.5 Å². The average molecular weight is 416 g/mol. The highest BCUT2D eigenvalue weighted by molar-refractivity contribution is 5.80. The lowest BCUT2D eigenvalue weighted by Gasteiger charge is -2.15. The minimum Gasteiger partial charge on any atom is -0.493 e. The molecular weight excluding hydrogens is 392 g/mol. The Hall–Kier alpha value is -4.07. The van der Waals surface area contributed by atoms with Crippen LogP contribution in [0.2, 0.25) is 0 Å². The van der Waals surface area contributed by atoms with Crippen molar-refractivity contribution in [1.29, 1.82) is 0 Å². The summed E-state index contributed by atoms with van der Waals surface area (Å²) in [5.41, 5.74) is 10.4. The molecule has 2 heterocycles. The van der Waals surface area contributed by atoms with E-state index in [2.05, 4.69) is 15.3 Å². The van der Waals surface area contributed by atoms with E-state index in [4.69, 9.17) is 20.3 Å². The largest absolute Gasteiger partial charge is 0.493 e. The number of nitrogens with two attached hydrogens (primary N) is 1. The predicted octanol–water partition coefficient (Wildman–Crippen LogP) is 4.29. The number of methoxy groups -OCH3 is 2. The van der Waals surface area contributed by atoms with Gasteiger partial charge in [0.25, 0.3) is 0 Å². The maximum Gasteiger partial charge on any atom is 0.221 e. The molecule has 4 rings (SSSR count). The van der Waals surface area contributed by atoms with Crippen LogP contribution in [-0.4, -0.2) is 34.0 Å². The van der Waals surface area contributed by atoms with Crippen LogP contribution in [-0.2, 0) is 0 Å². The molecule has 0 aliphatic heterocycles. The number of hydrogen-bond donors (Lipinski definition) is 2. The van der Waals surface area contributed by atoms with E-state index >= 15 is 0 Å². The molecule has 0 radical (unpaired) electrons. The monoisotopic (exact) mass is 416 g/mol. The fourth-order valence-corrected chi connectivity index (χ4v) is 3.33. The van der Waals surface area contributed by atoms with Gasteiger partial charge in [0.2, 0.25) is 5.95 Å². The molecule has 0 saturated heterocycles. The van der Waals surface area contributed by atoms with Crippen molar-refractivity contribution in [2.45, 2.75) is 13.8 Å². The molecule has 2 aromatic heterocycles. The molecule has 8 heteroatoms. The van der Waals surface area contributed by atoms with Gasteiger partial charge in [-0.15, -0.1) is 0 Å². The van der Waals surface area contributed by atoms with Gasteiger partial charge in [-0.2, -0.15) is 10.1 Å². The summed E-state index contributed by atoms with van der Waals surface area (Å²) in [6.07, 6.45) is 1.69. The standard InChI is InChI=1S/C23H24N6O2/c1-14-15(2)28-29(17-8-6-5-7-9-17)22(14)26-21-18(13-25-23(24)27-21)16-10-11-19(30-3)20(12-16)31-4/h5-13H,1-4H3,(H3,24,25,26,27). The highest BCUT2D eigenvalue weighted by Gasteiger charge is 2.18. The fourth-order valence-electron chi connectivity index (χ4n) is 3.33. The molecule has 0 amide bonds. The third-order valence-corrected chi connectivity index (χ3v) is 5.10. The Morgan fingerprint density at radius 1 is 0.968 bits per heavy atom. The van der Waals surface area contributed by atoms with Crippen molar-refractivity contribution in [3.63, 3.8) is 0 Å². The molecule has 0 spiro atoms. The highest BCUT2D eigenvalue weighted by atomic mass is 16.5. The number of anilines is 3. The summed E-state index contributed by atoms with van der Waals surface area (Å²) in [6, 6.07) is 15.6. The van der Waals surface area contributed by atoms with Gasteiger partial charge < -0.3 is 20.5 Å². The summed E-state index contributed by atoms with van der Waals surface area (Å²) in [5.74, 6) is 2.81. The van der Waals surface area contributed by atoms with Gasteiger partial charge in [-0.25, -0.2) is 9.67 Å². The van der Waals surface area contributed by atoms with Crippen molar-refractivity contribution < 1.29 is 9.47 Å². The Balaban J connectivity index is 1.82. The Morgan fingerprint density at radius 3 is 2.42 bits per heavy atom. The number of nitrogen functional groups attached to an aromatic ring is 1. The van der Waals surface area contributed by atoms with E-state index in [1.54, 1.807) is 20.4 Å². The minimum absolute atomic E-state index is 0.173. The average Bonchev–Trinajstić information content (AvgIpc) is 3.08. The van der Waals surface area contributed by atoms with Crippen LogP contribution < -0.4 is 20.5 Å². The van der Waals surface area contributed by atoms with Crippen LogP contribution >= 0.6 is 0 Å². The van der Waals surface area contributed by atoms with Crippen molar-refractivity contribution >= 4 is 17.6 Å². The van der Waals surface area contributed by atoms with Crippen LogP contribution in [0.4, 0.5) is 17.6 Å². The third-order valence-electron chi connectivity index (χ3n) is 5.10. The van der Waals surface area contributed by atoms with E-state index in [9.17, 15) is 0 Å². The van der Waals surface area contributed by atoms with Crippen LogP contribution in [0.5, 0.6) is 11.5 Å². The van der Waals surface area contributed by atoms with Gasteiger partial charge in [-0.3, -0.25) is 0 Å². The van der Waals surface area contributed by atoms with Crippen LogP contribution in [0.15, 0.2) is 54.7 Å². The molecule has 3 N–H and O–H groups in total. The van der Waals surface area contributed by atoms with Crippen molar-refractivity contribution in [2.24, 2.45) is 0 Å². The summed E-state index contributed by atoms with van der Waals surface area (Å²) in [7, 11) is 3.21. The molecule has 0 aliphatic rings. The van der Waals surface area contributed by atoms with Crippen LogP contribution in [0.25, 0.3) is 16.8 Å². The maximum absolute atomic E-state index is 5.92. The molecule has 0 atom stereocenters. The number of rotatable bonds is 6. The van der Waals surface area contributed by atoms with E-state index < -0.39 is 0 Å². The van der Waals surface area contributed by atoms with Gasteiger partial charge in [-0.05, 0) is 43.7 Å². The zero-order valence-electron chi connectivity index (χ0n) is 17.9. The molecule has 0 saturated carbocycles. The predicted molar refractivity (Wildman–Crippen MR) is 121 cm³/mol. The van der Waals surface area contributed by atoms with Crippen molar-refractivity contribution in [3.8, 4) is 28.3 Å². The van der Waals surface area contributed by atoms with Crippen molar-refractivity contribution in [1.82, 2.24) is 19.7 Å². The molecule has 2 aromatic carbocycles. The van der Waals surface area contributed by atoms with E-state index in [1.807, 2.05) is 67.1 Å². The van der Waals surface area contributed by atoms with Crippen molar-refractivity contribution in [2.75, 3.05) is 25.3 Å². The second-order valence-electron chi connectivity index (χ2n) is 6.99. The number of ether oxygens (including phenoxy) is 2. The molecular formula is C23H24N6O2. The van der Waals surface area contributed by atoms with Crippen molar-refractivity contribution in [3.05, 3.63) is 66.0 Å². The molecule has 0 fully saturated rings. The number of nitrogens with zero attached hydrogens (tertiary/aromatic N) is 4. The first-order valence-corrected chi connectivity index (χ1v) is 9.75. The first kappa shape index (κ1) is 20.2. The quantitative estimate of drug-likeness (QED) is 0.484. The Kier molecular flexibility index (Phi) is 5.44. The second-order valence-corrected chi connectivity index (χ2v) is 6.99. The summed E-state index contributed by atoms with van der Waals surface area (Å²) >= 11 is 0. The number of benzene rings is 2. The molecule has 4 aromatic rings. The third kappa shape index (κ3) is 3.87. The Labute approximate surface area is 180 Å². The molecule has 158 valence electrons. The summed E-state index contributed by atoms with van der Waals surface area (Å²) in [4.78, 5) is 8.67. The number of nitrogens with one attached hydrogen (secondary N) is 1. The summed E-state index contributed by atoms with van der Waals surface area (Å²) in [6.45, 7) is 3.99. The second kappa shape index (κ2) is 8.35. The normalized spacial score (nSPS) is 10.7. The van der Waals surface area contributed by atoms with Crippen LogP contribution in [0.1, 0.15) is 11.3 Å². The Morgan fingerprint density at radius 2 is 1.71 bits per heavy atom. The lowest BCUT2D eigenvalue weighted by atomic mass is 10.1.